The minimum Gasteiger partial charge on any atom is -0.326 e. The smallest absolute Gasteiger partial charge is 0.244 e. The van der Waals surface area contributed by atoms with Crippen LogP contribution in [-0.2, 0) is 16.6 Å². The standard InChI is InChI=1S/C15H24N2O2S2/c1-11-15(9-13(10-16)20-11)21(18,19)17-8-4-7-14(17)12-5-2-3-6-12/h9,12,14H,2-8,10,16H2,1H3. The topological polar surface area (TPSA) is 63.4 Å². The van der Waals surface area contributed by atoms with Crippen molar-refractivity contribution in [2.45, 2.75) is 62.9 Å². The van der Waals surface area contributed by atoms with Gasteiger partial charge < -0.3 is 5.73 Å². The summed E-state index contributed by atoms with van der Waals surface area (Å²) < 4.78 is 27.9. The fourth-order valence-electron chi connectivity index (χ4n) is 3.88. The summed E-state index contributed by atoms with van der Waals surface area (Å²) >= 11 is 1.50. The van der Waals surface area contributed by atoms with Crippen molar-refractivity contribution in [3.05, 3.63) is 15.8 Å². The quantitative estimate of drug-likeness (QED) is 0.924. The Balaban J connectivity index is 1.90. The summed E-state index contributed by atoms with van der Waals surface area (Å²) in [5.74, 6) is 0.565. The average Bonchev–Trinajstić information content (AvgIpc) is 3.18. The first-order chi connectivity index (χ1) is 10.0. The van der Waals surface area contributed by atoms with Crippen LogP contribution in [0.2, 0.25) is 0 Å². The molecule has 6 heteroatoms. The van der Waals surface area contributed by atoms with Crippen LogP contribution in [0.15, 0.2) is 11.0 Å². The van der Waals surface area contributed by atoms with E-state index in [-0.39, 0.29) is 6.04 Å². The number of hydrogen-bond donors (Lipinski definition) is 1. The van der Waals surface area contributed by atoms with Crippen LogP contribution in [0.3, 0.4) is 0 Å². The van der Waals surface area contributed by atoms with Crippen molar-refractivity contribution in [2.24, 2.45) is 11.7 Å². The Kier molecular flexibility index (Phi) is 4.41. The molecule has 2 heterocycles. The molecule has 1 unspecified atom stereocenters. The Bertz CT molecular complexity index is 603. The van der Waals surface area contributed by atoms with Gasteiger partial charge in [-0.3, -0.25) is 0 Å². The Morgan fingerprint density at radius 2 is 2.00 bits per heavy atom. The zero-order valence-corrected chi connectivity index (χ0v) is 14.2. The van der Waals surface area contributed by atoms with Crippen LogP contribution in [0.5, 0.6) is 0 Å². The molecule has 0 bridgehead atoms. The Morgan fingerprint density at radius 3 is 2.62 bits per heavy atom. The number of sulfonamides is 1. The molecular formula is C15H24N2O2S2. The molecule has 3 rings (SSSR count). The highest BCUT2D eigenvalue weighted by molar-refractivity contribution is 7.89. The molecule has 1 saturated heterocycles. The summed E-state index contributed by atoms with van der Waals surface area (Å²) in [7, 11) is -3.36. The maximum atomic E-state index is 13.0. The SMILES string of the molecule is Cc1sc(CN)cc1S(=O)(=O)N1CCCC1C1CCCC1. The molecule has 21 heavy (non-hydrogen) atoms. The van der Waals surface area contributed by atoms with Crippen molar-refractivity contribution in [3.63, 3.8) is 0 Å². The Morgan fingerprint density at radius 1 is 1.29 bits per heavy atom. The van der Waals surface area contributed by atoms with Gasteiger partial charge in [0.15, 0.2) is 0 Å². The molecule has 1 aliphatic heterocycles. The maximum Gasteiger partial charge on any atom is 0.244 e. The van der Waals surface area contributed by atoms with Gasteiger partial charge in [-0.25, -0.2) is 8.42 Å². The Labute approximate surface area is 131 Å². The second kappa shape index (κ2) is 5.99. The van der Waals surface area contributed by atoms with E-state index in [1.807, 2.05) is 6.92 Å². The monoisotopic (exact) mass is 328 g/mol. The number of hydrogen-bond acceptors (Lipinski definition) is 4. The average molecular weight is 329 g/mol. The lowest BCUT2D eigenvalue weighted by Crippen LogP contribution is -2.39. The van der Waals surface area contributed by atoms with E-state index >= 15 is 0 Å². The van der Waals surface area contributed by atoms with Crippen LogP contribution in [0.25, 0.3) is 0 Å². The van der Waals surface area contributed by atoms with E-state index in [2.05, 4.69) is 0 Å². The zero-order valence-electron chi connectivity index (χ0n) is 12.5. The van der Waals surface area contributed by atoms with Gasteiger partial charge in [-0.2, -0.15) is 4.31 Å². The molecule has 1 aromatic rings. The summed E-state index contributed by atoms with van der Waals surface area (Å²) in [5.41, 5.74) is 5.66. The molecule has 0 radical (unpaired) electrons. The number of nitrogens with zero attached hydrogens (tertiary/aromatic N) is 1. The largest absolute Gasteiger partial charge is 0.326 e. The summed E-state index contributed by atoms with van der Waals surface area (Å²) in [4.78, 5) is 2.30. The number of nitrogens with two attached hydrogens (primary N) is 1. The lowest BCUT2D eigenvalue weighted by Gasteiger charge is -2.28. The van der Waals surface area contributed by atoms with Gasteiger partial charge in [0.25, 0.3) is 0 Å². The van der Waals surface area contributed by atoms with Crippen LogP contribution >= 0.6 is 11.3 Å². The van der Waals surface area contributed by atoms with E-state index in [9.17, 15) is 8.42 Å². The van der Waals surface area contributed by atoms with Crippen LogP contribution < -0.4 is 5.73 Å². The summed E-state index contributed by atoms with van der Waals surface area (Å²) in [6, 6.07) is 2.00. The van der Waals surface area contributed by atoms with Gasteiger partial charge in [0.1, 0.15) is 0 Å². The first kappa shape index (κ1) is 15.5. The van der Waals surface area contributed by atoms with Crippen LogP contribution in [-0.4, -0.2) is 25.3 Å². The second-order valence-electron chi connectivity index (χ2n) is 6.21. The van der Waals surface area contributed by atoms with Gasteiger partial charge in [-0.1, -0.05) is 12.8 Å². The predicted octanol–water partition coefficient (Wildman–Crippen LogP) is 2.86. The fourth-order valence-corrected chi connectivity index (χ4v) is 7.12. The molecular weight excluding hydrogens is 304 g/mol. The molecule has 0 spiro atoms. The van der Waals surface area contributed by atoms with Crippen molar-refractivity contribution in [1.29, 1.82) is 0 Å². The number of aryl methyl sites for hydroxylation is 1. The fraction of sp³-hybridized carbons (Fsp3) is 0.733. The molecule has 0 aromatic carbocycles. The van der Waals surface area contributed by atoms with Gasteiger partial charge in [0.2, 0.25) is 10.0 Å². The molecule has 1 aliphatic carbocycles. The van der Waals surface area contributed by atoms with Gasteiger partial charge in [-0.15, -0.1) is 11.3 Å². The highest BCUT2D eigenvalue weighted by atomic mass is 32.2. The third-order valence-electron chi connectivity index (χ3n) is 4.90. The van der Waals surface area contributed by atoms with Gasteiger partial charge >= 0.3 is 0 Å². The van der Waals surface area contributed by atoms with E-state index < -0.39 is 10.0 Å². The first-order valence-electron chi connectivity index (χ1n) is 7.85. The molecule has 4 nitrogen and oxygen atoms in total. The third-order valence-corrected chi connectivity index (χ3v) is 8.16. The van der Waals surface area contributed by atoms with Crippen LogP contribution in [0, 0.1) is 12.8 Å². The van der Waals surface area contributed by atoms with Crippen molar-refractivity contribution >= 4 is 21.4 Å². The van der Waals surface area contributed by atoms with Crippen LogP contribution in [0.4, 0.5) is 0 Å². The highest BCUT2D eigenvalue weighted by Crippen LogP contribution is 2.39. The molecule has 118 valence electrons. The minimum absolute atomic E-state index is 0.220. The molecule has 2 N–H and O–H groups in total. The second-order valence-corrected chi connectivity index (χ2v) is 9.41. The van der Waals surface area contributed by atoms with Gasteiger partial charge in [0.05, 0.1) is 4.90 Å². The molecule has 1 aromatic heterocycles. The summed E-state index contributed by atoms with van der Waals surface area (Å²) in [6.07, 6.45) is 6.90. The lowest BCUT2D eigenvalue weighted by molar-refractivity contribution is 0.288. The van der Waals surface area contributed by atoms with E-state index in [4.69, 9.17) is 5.73 Å². The number of thiophene rings is 1. The van der Waals surface area contributed by atoms with Crippen molar-refractivity contribution in [3.8, 4) is 0 Å². The number of rotatable bonds is 4. The maximum absolute atomic E-state index is 13.0. The highest BCUT2D eigenvalue weighted by Gasteiger charge is 2.41. The van der Waals surface area contributed by atoms with E-state index in [1.54, 1.807) is 10.4 Å². The summed E-state index contributed by atoms with van der Waals surface area (Å²) in [6.45, 7) is 2.97. The van der Waals surface area contributed by atoms with Gasteiger partial charge in [-0.05, 0) is 44.6 Å². The van der Waals surface area contributed by atoms with Crippen molar-refractivity contribution in [2.75, 3.05) is 6.54 Å². The Hall–Kier alpha value is -0.430. The molecule has 0 amide bonds. The van der Waals surface area contributed by atoms with Crippen molar-refractivity contribution < 1.29 is 8.42 Å². The molecule has 1 atom stereocenters. The molecule has 2 fully saturated rings. The van der Waals surface area contributed by atoms with E-state index in [0.717, 1.165) is 22.6 Å². The zero-order chi connectivity index (χ0) is 15.0. The summed E-state index contributed by atoms with van der Waals surface area (Å²) in [5, 5.41) is 0. The van der Waals surface area contributed by atoms with Gasteiger partial charge in [0, 0.05) is 28.9 Å². The molecule has 1 saturated carbocycles. The predicted molar refractivity (Wildman–Crippen MR) is 85.8 cm³/mol. The van der Waals surface area contributed by atoms with Crippen LogP contribution in [0.1, 0.15) is 48.3 Å². The van der Waals surface area contributed by atoms with E-state index in [1.165, 1.54) is 37.0 Å². The minimum atomic E-state index is -3.36. The normalized spacial score (nSPS) is 25.0. The first-order valence-corrected chi connectivity index (χ1v) is 10.1. The van der Waals surface area contributed by atoms with Crippen molar-refractivity contribution in [1.82, 2.24) is 4.31 Å². The van der Waals surface area contributed by atoms with E-state index in [0.29, 0.717) is 23.9 Å². The lowest BCUT2D eigenvalue weighted by atomic mass is 9.97. The third kappa shape index (κ3) is 2.79. The molecule has 2 aliphatic rings.